The van der Waals surface area contributed by atoms with Gasteiger partial charge in [-0.15, -0.1) is 0 Å². The fourth-order valence-corrected chi connectivity index (χ4v) is 1.97. The Labute approximate surface area is 117 Å². The molecule has 4 heteroatoms. The first-order valence-corrected chi connectivity index (χ1v) is 6.95. The van der Waals surface area contributed by atoms with Gasteiger partial charge in [-0.2, -0.15) is 0 Å². The summed E-state index contributed by atoms with van der Waals surface area (Å²) in [7, 11) is 0. The van der Waals surface area contributed by atoms with E-state index >= 15 is 0 Å². The van der Waals surface area contributed by atoms with Gasteiger partial charge < -0.3 is 9.47 Å². The minimum Gasteiger partial charge on any atom is -0.482 e. The molecule has 0 saturated carbocycles. The number of rotatable bonds is 6. The van der Waals surface area contributed by atoms with Crippen LogP contribution in [0.15, 0.2) is 22.7 Å². The molecule has 0 amide bonds. The van der Waals surface area contributed by atoms with Crippen LogP contribution in [-0.2, 0) is 9.53 Å². The number of esters is 1. The zero-order chi connectivity index (χ0) is 13.5. The van der Waals surface area contributed by atoms with Gasteiger partial charge in [0.25, 0.3) is 0 Å². The van der Waals surface area contributed by atoms with Crippen LogP contribution in [-0.4, -0.2) is 19.2 Å². The van der Waals surface area contributed by atoms with Crippen molar-refractivity contribution >= 4 is 21.9 Å². The normalized spacial score (nSPS) is 12.0. The van der Waals surface area contributed by atoms with Gasteiger partial charge in [-0.25, -0.2) is 4.79 Å². The fraction of sp³-hybridized carbons (Fsp3) is 0.500. The van der Waals surface area contributed by atoms with E-state index in [9.17, 15) is 4.79 Å². The van der Waals surface area contributed by atoms with Crippen LogP contribution in [0.1, 0.15) is 38.7 Å². The Balaban J connectivity index is 2.78. The maximum Gasteiger partial charge on any atom is 0.344 e. The van der Waals surface area contributed by atoms with Gasteiger partial charge >= 0.3 is 5.97 Å². The molecule has 1 atom stereocenters. The average Bonchev–Trinajstić information content (AvgIpc) is 2.36. The van der Waals surface area contributed by atoms with Crippen LogP contribution in [0.4, 0.5) is 0 Å². The zero-order valence-corrected chi connectivity index (χ0v) is 12.6. The van der Waals surface area contributed by atoms with E-state index < -0.39 is 0 Å². The van der Waals surface area contributed by atoms with Crippen LogP contribution < -0.4 is 4.74 Å². The highest BCUT2D eigenvalue weighted by Crippen LogP contribution is 2.31. The Morgan fingerprint density at radius 1 is 1.39 bits per heavy atom. The lowest BCUT2D eigenvalue weighted by Gasteiger charge is -2.15. The van der Waals surface area contributed by atoms with Crippen LogP contribution in [0, 0.1) is 0 Å². The molecule has 0 aliphatic heterocycles. The number of ether oxygens (including phenoxy) is 2. The Bertz CT molecular complexity index is 404. The molecule has 0 heterocycles. The lowest BCUT2D eigenvalue weighted by Crippen LogP contribution is -2.15. The number of halogens is 1. The molecule has 0 spiro atoms. The number of hydrogen-bond acceptors (Lipinski definition) is 3. The Morgan fingerprint density at radius 2 is 2.11 bits per heavy atom. The highest BCUT2D eigenvalue weighted by Gasteiger charge is 2.12. The summed E-state index contributed by atoms with van der Waals surface area (Å²) in [5, 5.41) is 0. The third-order valence-corrected chi connectivity index (χ3v) is 3.26. The summed E-state index contributed by atoms with van der Waals surface area (Å²) in [6.07, 6.45) is 1.02. The van der Waals surface area contributed by atoms with Crippen molar-refractivity contribution in [2.24, 2.45) is 0 Å². The van der Waals surface area contributed by atoms with Gasteiger partial charge in [-0.05, 0) is 43.0 Å². The van der Waals surface area contributed by atoms with Gasteiger partial charge in [-0.1, -0.05) is 29.8 Å². The van der Waals surface area contributed by atoms with Crippen molar-refractivity contribution in [2.75, 3.05) is 13.2 Å². The summed E-state index contributed by atoms with van der Waals surface area (Å²) in [6, 6.07) is 5.83. The lowest BCUT2D eigenvalue weighted by molar-refractivity contribution is -0.145. The summed E-state index contributed by atoms with van der Waals surface area (Å²) in [5.74, 6) is 0.802. The number of benzene rings is 1. The first-order chi connectivity index (χ1) is 8.58. The first kappa shape index (κ1) is 15.0. The molecule has 0 bridgehead atoms. The summed E-state index contributed by atoms with van der Waals surface area (Å²) >= 11 is 3.45. The molecular weight excluding hydrogens is 296 g/mol. The third-order valence-electron chi connectivity index (χ3n) is 2.77. The van der Waals surface area contributed by atoms with Crippen LogP contribution >= 0.6 is 15.9 Å². The molecule has 0 aromatic heterocycles. The van der Waals surface area contributed by atoms with Gasteiger partial charge in [0.1, 0.15) is 5.75 Å². The smallest absolute Gasteiger partial charge is 0.344 e. The number of carbonyl (C=O) groups excluding carboxylic acids is 1. The second kappa shape index (κ2) is 7.41. The summed E-state index contributed by atoms with van der Waals surface area (Å²) in [6.45, 7) is 6.38. The molecule has 0 N–H and O–H groups in total. The van der Waals surface area contributed by atoms with Crippen LogP contribution in [0.5, 0.6) is 5.75 Å². The highest BCUT2D eigenvalue weighted by molar-refractivity contribution is 9.10. The van der Waals surface area contributed by atoms with Crippen LogP contribution in [0.2, 0.25) is 0 Å². The van der Waals surface area contributed by atoms with E-state index in [1.165, 1.54) is 0 Å². The van der Waals surface area contributed by atoms with Crippen molar-refractivity contribution in [1.82, 2.24) is 0 Å². The third kappa shape index (κ3) is 4.33. The molecule has 3 nitrogen and oxygen atoms in total. The molecule has 0 radical (unpaired) electrons. The van der Waals surface area contributed by atoms with Gasteiger partial charge in [0.05, 0.1) is 6.61 Å². The van der Waals surface area contributed by atoms with Crippen molar-refractivity contribution < 1.29 is 14.3 Å². The second-order valence-corrected chi connectivity index (χ2v) is 5.00. The fourth-order valence-electron chi connectivity index (χ4n) is 1.60. The Morgan fingerprint density at radius 3 is 2.72 bits per heavy atom. The van der Waals surface area contributed by atoms with Gasteiger partial charge in [-0.3, -0.25) is 0 Å². The molecule has 1 aromatic carbocycles. The quantitative estimate of drug-likeness (QED) is 0.747. The van der Waals surface area contributed by atoms with Gasteiger partial charge in [0, 0.05) is 4.47 Å². The Hall–Kier alpha value is -1.03. The van der Waals surface area contributed by atoms with Crippen molar-refractivity contribution in [2.45, 2.75) is 33.1 Å². The number of hydrogen-bond donors (Lipinski definition) is 0. The molecule has 0 aliphatic rings. The van der Waals surface area contributed by atoms with E-state index in [1.807, 2.05) is 18.2 Å². The van der Waals surface area contributed by atoms with E-state index in [-0.39, 0.29) is 12.6 Å². The van der Waals surface area contributed by atoms with E-state index in [1.54, 1.807) is 6.92 Å². The van der Waals surface area contributed by atoms with E-state index in [0.29, 0.717) is 12.5 Å². The average molecular weight is 315 g/mol. The highest BCUT2D eigenvalue weighted by atomic mass is 79.9. The predicted octanol–water partition coefficient (Wildman–Crippen LogP) is 3.90. The maximum absolute atomic E-state index is 11.3. The number of carbonyl (C=O) groups is 1. The molecule has 1 unspecified atom stereocenters. The molecule has 18 heavy (non-hydrogen) atoms. The van der Waals surface area contributed by atoms with Crippen molar-refractivity contribution in [3.8, 4) is 5.75 Å². The lowest BCUT2D eigenvalue weighted by atomic mass is 9.98. The van der Waals surface area contributed by atoms with Crippen LogP contribution in [0.25, 0.3) is 0 Å². The van der Waals surface area contributed by atoms with Gasteiger partial charge in [0.15, 0.2) is 6.61 Å². The van der Waals surface area contributed by atoms with E-state index in [2.05, 4.69) is 29.8 Å². The summed E-state index contributed by atoms with van der Waals surface area (Å²) in [5.41, 5.74) is 1.11. The van der Waals surface area contributed by atoms with Gasteiger partial charge in [0.2, 0.25) is 0 Å². The summed E-state index contributed by atoms with van der Waals surface area (Å²) in [4.78, 5) is 11.3. The molecular formula is C14H19BrO3. The molecule has 0 fully saturated rings. The van der Waals surface area contributed by atoms with Crippen molar-refractivity contribution in [3.05, 3.63) is 28.2 Å². The zero-order valence-electron chi connectivity index (χ0n) is 11.0. The molecule has 0 aliphatic carbocycles. The summed E-state index contributed by atoms with van der Waals surface area (Å²) < 4.78 is 11.4. The Kier molecular flexibility index (Phi) is 6.19. The molecule has 0 saturated heterocycles. The second-order valence-electron chi connectivity index (χ2n) is 4.09. The standard InChI is InChI=1S/C14H19BrO3/c1-4-10(3)12-8-11(15)6-7-13(12)18-9-14(16)17-5-2/h6-8,10H,4-5,9H2,1-3H3. The topological polar surface area (TPSA) is 35.5 Å². The van der Waals surface area contributed by atoms with Crippen LogP contribution in [0.3, 0.4) is 0 Å². The minimum absolute atomic E-state index is 0.0428. The minimum atomic E-state index is -0.337. The van der Waals surface area contributed by atoms with E-state index in [0.717, 1.165) is 22.2 Å². The van der Waals surface area contributed by atoms with E-state index in [4.69, 9.17) is 9.47 Å². The molecule has 100 valence electrons. The largest absolute Gasteiger partial charge is 0.482 e. The first-order valence-electron chi connectivity index (χ1n) is 6.16. The van der Waals surface area contributed by atoms with Crippen molar-refractivity contribution in [3.63, 3.8) is 0 Å². The molecule has 1 rings (SSSR count). The monoisotopic (exact) mass is 314 g/mol. The molecule has 1 aromatic rings. The SMILES string of the molecule is CCOC(=O)COc1ccc(Br)cc1C(C)CC. The predicted molar refractivity (Wildman–Crippen MR) is 75.0 cm³/mol. The van der Waals surface area contributed by atoms with Crippen molar-refractivity contribution in [1.29, 1.82) is 0 Å². The maximum atomic E-state index is 11.3.